The molecule has 0 fully saturated rings. The Labute approximate surface area is 126 Å². The molecule has 0 spiro atoms. The van der Waals surface area contributed by atoms with Crippen LogP contribution in [0.15, 0.2) is 0 Å². The van der Waals surface area contributed by atoms with E-state index in [2.05, 4.69) is 41.5 Å². The SMILES string of the molecule is CCS(O)(CC)CC.CC[S+](CC)CC.F[B-](F)(F)F. The average Bonchev–Trinajstić information content (AvgIpc) is 2.39. The number of rotatable bonds is 6. The van der Waals surface area contributed by atoms with Crippen LogP contribution in [0.5, 0.6) is 0 Å². The normalized spacial score (nSPS) is 12.2. The van der Waals surface area contributed by atoms with Crippen LogP contribution in [0.3, 0.4) is 0 Å². The van der Waals surface area contributed by atoms with Gasteiger partial charge in [0.1, 0.15) is 17.3 Å². The second-order valence-corrected chi connectivity index (χ2v) is 10.5. The molecule has 0 unspecified atom stereocenters. The van der Waals surface area contributed by atoms with Gasteiger partial charge in [0.25, 0.3) is 0 Å². The molecule has 0 bridgehead atoms. The molecule has 0 aromatic carbocycles. The largest absolute Gasteiger partial charge is 0.673 e. The summed E-state index contributed by atoms with van der Waals surface area (Å²) in [4.78, 5) is 0. The first kappa shape index (κ1) is 25.4. The van der Waals surface area contributed by atoms with E-state index in [9.17, 15) is 21.8 Å². The number of hydrogen-bond donors (Lipinski definition) is 1. The molecule has 20 heavy (non-hydrogen) atoms. The Morgan fingerprint density at radius 1 is 0.750 bits per heavy atom. The molecule has 0 aromatic rings. The minimum atomic E-state index is -6.00. The van der Waals surface area contributed by atoms with Gasteiger partial charge in [-0.15, -0.1) is 10.3 Å². The minimum Gasteiger partial charge on any atom is -0.418 e. The van der Waals surface area contributed by atoms with Gasteiger partial charge in [-0.1, -0.05) is 20.8 Å². The number of hydrogen-bond acceptors (Lipinski definition) is 1. The van der Waals surface area contributed by atoms with Crippen molar-refractivity contribution < 1.29 is 21.8 Å². The van der Waals surface area contributed by atoms with Crippen molar-refractivity contribution in [2.75, 3.05) is 34.5 Å². The summed E-state index contributed by atoms with van der Waals surface area (Å²) < 4.78 is 48.5. The second kappa shape index (κ2) is 14.4. The molecule has 0 rings (SSSR count). The summed E-state index contributed by atoms with van der Waals surface area (Å²) in [5.74, 6) is 7.02. The maximum Gasteiger partial charge on any atom is 0.673 e. The smallest absolute Gasteiger partial charge is 0.418 e. The fraction of sp³-hybridized carbons (Fsp3) is 1.00. The summed E-state index contributed by atoms with van der Waals surface area (Å²) in [5, 5.41) is 0. The van der Waals surface area contributed by atoms with E-state index in [4.69, 9.17) is 0 Å². The lowest BCUT2D eigenvalue weighted by Gasteiger charge is -2.29. The van der Waals surface area contributed by atoms with Gasteiger partial charge in [-0.2, -0.15) is 0 Å². The maximum absolute atomic E-state index is 9.75. The fourth-order valence-corrected chi connectivity index (χ4v) is 3.67. The zero-order valence-corrected chi connectivity index (χ0v) is 15.2. The van der Waals surface area contributed by atoms with E-state index in [1.54, 1.807) is 0 Å². The average molecular weight is 342 g/mol. The molecule has 0 heterocycles. The van der Waals surface area contributed by atoms with Crippen molar-refractivity contribution in [1.29, 1.82) is 0 Å². The monoisotopic (exact) mass is 342 g/mol. The first-order valence-electron chi connectivity index (χ1n) is 7.03. The third-order valence-corrected chi connectivity index (χ3v) is 8.51. The quantitative estimate of drug-likeness (QED) is 0.395. The Morgan fingerprint density at radius 3 is 0.950 bits per heavy atom. The van der Waals surface area contributed by atoms with Crippen molar-refractivity contribution in [2.24, 2.45) is 0 Å². The summed E-state index contributed by atoms with van der Waals surface area (Å²) in [6.45, 7) is 13.0. The topological polar surface area (TPSA) is 20.2 Å². The molecule has 0 aliphatic carbocycles. The van der Waals surface area contributed by atoms with Crippen LogP contribution in [-0.4, -0.2) is 46.3 Å². The highest BCUT2D eigenvalue weighted by Crippen LogP contribution is 2.41. The van der Waals surface area contributed by atoms with Crippen molar-refractivity contribution in [2.45, 2.75) is 41.5 Å². The molecule has 1 nitrogen and oxygen atoms in total. The van der Waals surface area contributed by atoms with Gasteiger partial charge >= 0.3 is 7.25 Å². The van der Waals surface area contributed by atoms with Crippen LogP contribution < -0.4 is 0 Å². The lowest BCUT2D eigenvalue weighted by molar-refractivity contribution is 0.368. The van der Waals surface area contributed by atoms with Gasteiger partial charge in [-0.05, 0) is 48.9 Å². The molecule has 0 atom stereocenters. The minimum absolute atomic E-state index is 0.755. The van der Waals surface area contributed by atoms with Crippen molar-refractivity contribution in [1.82, 2.24) is 0 Å². The van der Waals surface area contributed by atoms with Crippen molar-refractivity contribution in [3.05, 3.63) is 0 Å². The van der Waals surface area contributed by atoms with Gasteiger partial charge in [-0.25, -0.2) is 0 Å². The van der Waals surface area contributed by atoms with Gasteiger partial charge in [0, 0.05) is 0 Å². The summed E-state index contributed by atoms with van der Waals surface area (Å²) in [7, 11) is -6.40. The Bertz CT molecular complexity index is 179. The maximum atomic E-state index is 9.75. The third kappa shape index (κ3) is 23.5. The number of halogens is 4. The first-order chi connectivity index (χ1) is 9.03. The van der Waals surface area contributed by atoms with Gasteiger partial charge in [-0.3, -0.25) is 0 Å². The summed E-state index contributed by atoms with van der Waals surface area (Å²) in [6.07, 6.45) is 0. The van der Waals surface area contributed by atoms with E-state index >= 15 is 0 Å². The van der Waals surface area contributed by atoms with E-state index < -0.39 is 17.6 Å². The van der Waals surface area contributed by atoms with Crippen LogP contribution >= 0.6 is 10.3 Å². The molecule has 0 aromatic heterocycles. The van der Waals surface area contributed by atoms with Gasteiger partial charge in [0.15, 0.2) is 0 Å². The van der Waals surface area contributed by atoms with Crippen LogP contribution in [0, 0.1) is 0 Å². The summed E-state index contributed by atoms with van der Waals surface area (Å²) in [5.41, 5.74) is 0. The van der Waals surface area contributed by atoms with Crippen LogP contribution in [0.1, 0.15) is 41.5 Å². The van der Waals surface area contributed by atoms with Crippen LogP contribution in [0.4, 0.5) is 17.3 Å². The predicted octanol–water partition coefficient (Wildman–Crippen LogP) is 5.29. The highest BCUT2D eigenvalue weighted by molar-refractivity contribution is 8.29. The molecular weight excluding hydrogens is 311 g/mol. The molecule has 0 saturated heterocycles. The van der Waals surface area contributed by atoms with E-state index in [-0.39, 0.29) is 0 Å². The fourth-order valence-electron chi connectivity index (χ4n) is 1.22. The van der Waals surface area contributed by atoms with E-state index in [0.29, 0.717) is 0 Å². The van der Waals surface area contributed by atoms with Crippen molar-refractivity contribution in [3.8, 4) is 0 Å². The van der Waals surface area contributed by atoms with Crippen LogP contribution in [-0.2, 0) is 10.9 Å². The molecule has 128 valence electrons. The third-order valence-electron chi connectivity index (χ3n) is 2.84. The highest BCUT2D eigenvalue weighted by atomic mass is 32.3. The second-order valence-electron chi connectivity index (χ2n) is 3.84. The Balaban J connectivity index is -0.000000223. The Kier molecular flexibility index (Phi) is 18.3. The van der Waals surface area contributed by atoms with Crippen molar-refractivity contribution in [3.63, 3.8) is 0 Å². The van der Waals surface area contributed by atoms with Gasteiger partial charge < -0.3 is 21.8 Å². The molecule has 0 aliphatic rings. The molecule has 8 heteroatoms. The van der Waals surface area contributed by atoms with Gasteiger partial charge in [0.05, 0.1) is 0 Å². The molecule has 0 amide bonds. The standard InChI is InChI=1S/C6H16OS.C6H15S.BF4/c1-4-8(7,5-2)6-3;1-4-7(5-2)6-3;2-1(3,4)5/h7H,4-6H2,1-3H3;4-6H2,1-3H3;/q;+1;-1. The lowest BCUT2D eigenvalue weighted by atomic mass is 10.3. The Hall–Kier alpha value is 0.445. The lowest BCUT2D eigenvalue weighted by Crippen LogP contribution is -2.09. The van der Waals surface area contributed by atoms with Gasteiger partial charge in [0.2, 0.25) is 0 Å². The van der Waals surface area contributed by atoms with E-state index in [0.717, 1.165) is 28.2 Å². The highest BCUT2D eigenvalue weighted by Gasteiger charge is 2.20. The van der Waals surface area contributed by atoms with Crippen molar-refractivity contribution >= 4 is 28.5 Å². The molecule has 0 saturated carbocycles. The summed E-state index contributed by atoms with van der Waals surface area (Å²) in [6, 6.07) is 0. The summed E-state index contributed by atoms with van der Waals surface area (Å²) >= 11 is 0. The zero-order chi connectivity index (χ0) is 16.8. The van der Waals surface area contributed by atoms with Crippen LogP contribution in [0.2, 0.25) is 0 Å². The molecular formula is C12H31BF4OS2. The Morgan fingerprint density at radius 2 is 0.950 bits per heavy atom. The molecule has 0 aliphatic heterocycles. The van der Waals surface area contributed by atoms with Crippen LogP contribution in [0.25, 0.3) is 0 Å². The predicted molar refractivity (Wildman–Crippen MR) is 91.0 cm³/mol. The zero-order valence-electron chi connectivity index (χ0n) is 13.6. The molecule has 0 radical (unpaired) electrons. The van der Waals surface area contributed by atoms with E-state index in [1.807, 2.05) is 0 Å². The molecule has 1 N–H and O–H groups in total. The first-order valence-corrected chi connectivity index (χ1v) is 10.9. The van der Waals surface area contributed by atoms with E-state index in [1.165, 1.54) is 17.3 Å².